The molecule has 1 heterocycles. The first-order valence-electron chi connectivity index (χ1n) is 8.66. The van der Waals surface area contributed by atoms with Crippen LogP contribution in [0.5, 0.6) is 0 Å². The van der Waals surface area contributed by atoms with E-state index in [9.17, 15) is 0 Å². The third-order valence-corrected chi connectivity index (χ3v) is 4.57. The molecule has 3 rings (SSSR count). The van der Waals surface area contributed by atoms with Crippen LogP contribution in [-0.4, -0.2) is 38.1 Å². The van der Waals surface area contributed by atoms with Gasteiger partial charge in [-0.25, -0.2) is 0 Å². The Balaban J connectivity index is 1.53. The van der Waals surface area contributed by atoms with Gasteiger partial charge < -0.3 is 25.3 Å². The van der Waals surface area contributed by atoms with Gasteiger partial charge in [-0.05, 0) is 18.9 Å². The van der Waals surface area contributed by atoms with Gasteiger partial charge >= 0.3 is 0 Å². The predicted octanol–water partition coefficient (Wildman–Crippen LogP) is 2.64. The van der Waals surface area contributed by atoms with Gasteiger partial charge in [-0.1, -0.05) is 24.6 Å². The number of nitrogens with zero attached hydrogens (tertiary/aromatic N) is 1. The molecule has 2 aliphatic rings. The highest BCUT2D eigenvalue weighted by atomic mass is 16.7. The Morgan fingerprint density at radius 2 is 2.12 bits per heavy atom. The molecule has 3 N–H and O–H groups in total. The third-order valence-electron chi connectivity index (χ3n) is 4.57. The Morgan fingerprint density at radius 3 is 2.92 bits per heavy atom. The average molecular weight is 333 g/mol. The summed E-state index contributed by atoms with van der Waals surface area (Å²) in [6.45, 7) is 1.63. The number of nitrogens with one attached hydrogen (secondary N) is 1. The number of methoxy groups -OCH3 is 1. The highest BCUT2D eigenvalue weighted by Crippen LogP contribution is 2.37. The number of nitrogens with two attached hydrogens (primary N) is 1. The summed E-state index contributed by atoms with van der Waals surface area (Å²) in [6.07, 6.45) is 5.59. The van der Waals surface area contributed by atoms with E-state index in [0.717, 1.165) is 24.1 Å². The zero-order chi connectivity index (χ0) is 16.8. The first kappa shape index (κ1) is 17.2. The molecule has 1 unspecified atom stereocenters. The lowest BCUT2D eigenvalue weighted by Gasteiger charge is -2.31. The second-order valence-corrected chi connectivity index (χ2v) is 6.46. The molecule has 1 atom stereocenters. The van der Waals surface area contributed by atoms with Crippen LogP contribution in [0, 0.1) is 0 Å². The number of anilines is 1. The number of hydrogen-bond donors (Lipinski definition) is 2. The molecule has 6 nitrogen and oxygen atoms in total. The van der Waals surface area contributed by atoms with E-state index < -0.39 is 0 Å². The molecule has 0 amide bonds. The van der Waals surface area contributed by atoms with E-state index >= 15 is 0 Å². The summed E-state index contributed by atoms with van der Waals surface area (Å²) in [5.74, 6) is 0.0258. The van der Waals surface area contributed by atoms with E-state index in [0.29, 0.717) is 25.7 Å². The molecule has 24 heavy (non-hydrogen) atoms. The molecule has 1 saturated heterocycles. The highest BCUT2D eigenvalue weighted by Gasteiger charge is 2.41. The smallest absolute Gasteiger partial charge is 0.193 e. The molecule has 1 aromatic carbocycles. The van der Waals surface area contributed by atoms with Crippen LogP contribution in [0.4, 0.5) is 5.69 Å². The fraction of sp³-hybridized carbons (Fsp3) is 0.611. The van der Waals surface area contributed by atoms with Gasteiger partial charge in [0.25, 0.3) is 0 Å². The zero-order valence-electron chi connectivity index (χ0n) is 14.3. The minimum Gasteiger partial charge on any atom is -0.380 e. The van der Waals surface area contributed by atoms with Gasteiger partial charge in [-0.15, -0.1) is 0 Å². The van der Waals surface area contributed by atoms with Gasteiger partial charge in [0.1, 0.15) is 6.10 Å². The van der Waals surface area contributed by atoms with Gasteiger partial charge in [-0.3, -0.25) is 4.99 Å². The van der Waals surface area contributed by atoms with Crippen LogP contribution in [-0.2, 0) is 20.8 Å². The van der Waals surface area contributed by atoms with Crippen molar-refractivity contribution in [1.82, 2.24) is 0 Å². The second-order valence-electron chi connectivity index (χ2n) is 6.46. The van der Waals surface area contributed by atoms with Crippen LogP contribution in [0.3, 0.4) is 0 Å². The van der Waals surface area contributed by atoms with Crippen LogP contribution in [0.25, 0.3) is 0 Å². The van der Waals surface area contributed by atoms with E-state index in [-0.39, 0.29) is 11.9 Å². The Bertz CT molecular complexity index is 570. The van der Waals surface area contributed by atoms with Crippen LogP contribution in [0.2, 0.25) is 0 Å². The number of aliphatic imine (C=N–C) groups is 1. The topological polar surface area (TPSA) is 78.1 Å². The lowest BCUT2D eigenvalue weighted by Crippen LogP contribution is -2.34. The summed E-state index contributed by atoms with van der Waals surface area (Å²) in [6, 6.07) is 7.89. The monoisotopic (exact) mass is 333 g/mol. The Kier molecular flexibility index (Phi) is 5.71. The molecule has 1 spiro atoms. The van der Waals surface area contributed by atoms with Crippen LogP contribution >= 0.6 is 0 Å². The van der Waals surface area contributed by atoms with Crippen LogP contribution < -0.4 is 11.1 Å². The number of guanidine groups is 1. The van der Waals surface area contributed by atoms with Gasteiger partial charge in [0, 0.05) is 31.2 Å². The predicted molar refractivity (Wildman–Crippen MR) is 93.9 cm³/mol. The van der Waals surface area contributed by atoms with Crippen molar-refractivity contribution in [2.45, 2.75) is 50.6 Å². The first-order valence-corrected chi connectivity index (χ1v) is 8.66. The summed E-state index contributed by atoms with van der Waals surface area (Å²) in [4.78, 5) is 4.42. The molecule has 1 aliphatic heterocycles. The number of ether oxygens (including phenoxy) is 3. The Hall–Kier alpha value is -1.63. The summed E-state index contributed by atoms with van der Waals surface area (Å²) in [5.41, 5.74) is 7.97. The summed E-state index contributed by atoms with van der Waals surface area (Å²) >= 11 is 0. The van der Waals surface area contributed by atoms with Crippen molar-refractivity contribution in [2.75, 3.05) is 25.6 Å². The second kappa shape index (κ2) is 7.96. The summed E-state index contributed by atoms with van der Waals surface area (Å²) in [5, 5.41) is 3.14. The lowest BCUT2D eigenvalue weighted by atomic mass is 9.94. The van der Waals surface area contributed by atoms with Gasteiger partial charge in [0.2, 0.25) is 0 Å². The summed E-state index contributed by atoms with van der Waals surface area (Å²) < 4.78 is 17.2. The average Bonchev–Trinajstić information content (AvgIpc) is 2.98. The lowest BCUT2D eigenvalue weighted by molar-refractivity contribution is -0.186. The molecule has 1 saturated carbocycles. The first-order chi connectivity index (χ1) is 11.7. The van der Waals surface area contributed by atoms with Crippen molar-refractivity contribution in [3.63, 3.8) is 0 Å². The van der Waals surface area contributed by atoms with Crippen molar-refractivity contribution >= 4 is 11.6 Å². The van der Waals surface area contributed by atoms with E-state index in [2.05, 4.69) is 10.3 Å². The van der Waals surface area contributed by atoms with Crippen LogP contribution in [0.1, 0.15) is 37.7 Å². The third kappa shape index (κ3) is 4.26. The van der Waals surface area contributed by atoms with Gasteiger partial charge in [-0.2, -0.15) is 0 Å². The molecule has 0 bridgehead atoms. The van der Waals surface area contributed by atoms with Crippen molar-refractivity contribution in [2.24, 2.45) is 10.7 Å². The molecular weight excluding hydrogens is 306 g/mol. The maximum Gasteiger partial charge on any atom is 0.193 e. The Morgan fingerprint density at radius 1 is 1.33 bits per heavy atom. The zero-order valence-corrected chi connectivity index (χ0v) is 14.3. The molecule has 0 aromatic heterocycles. The normalized spacial score (nSPS) is 23.5. The molecule has 0 radical (unpaired) electrons. The van der Waals surface area contributed by atoms with Gasteiger partial charge in [0.15, 0.2) is 11.7 Å². The summed E-state index contributed by atoms with van der Waals surface area (Å²) in [7, 11) is 1.67. The molecule has 132 valence electrons. The molecule has 2 fully saturated rings. The SMILES string of the molecule is COCc1ccccc1NC(N)=NCC1COC2(CCCCC2)O1. The van der Waals surface area contributed by atoms with Crippen LogP contribution in [0.15, 0.2) is 29.3 Å². The minimum atomic E-state index is -0.355. The highest BCUT2D eigenvalue weighted by molar-refractivity contribution is 5.92. The quantitative estimate of drug-likeness (QED) is 0.640. The number of hydrogen-bond acceptors (Lipinski definition) is 4. The standard InChI is InChI=1S/C18H27N3O3/c1-22-12-14-7-3-4-8-16(14)21-17(19)20-11-15-13-23-18(24-15)9-5-2-6-10-18/h3-4,7-8,15H,2,5-6,9-13H2,1H3,(H3,19,20,21). The maximum atomic E-state index is 6.12. The van der Waals surface area contributed by atoms with Crippen molar-refractivity contribution in [1.29, 1.82) is 0 Å². The number of para-hydroxylation sites is 1. The number of benzene rings is 1. The number of rotatable bonds is 5. The van der Waals surface area contributed by atoms with E-state index in [1.54, 1.807) is 7.11 Å². The maximum absolute atomic E-state index is 6.12. The largest absolute Gasteiger partial charge is 0.380 e. The van der Waals surface area contributed by atoms with E-state index in [4.69, 9.17) is 19.9 Å². The van der Waals surface area contributed by atoms with Crippen molar-refractivity contribution in [3.8, 4) is 0 Å². The Labute approximate surface area is 143 Å². The van der Waals surface area contributed by atoms with Crippen molar-refractivity contribution in [3.05, 3.63) is 29.8 Å². The minimum absolute atomic E-state index is 0.0160. The van der Waals surface area contributed by atoms with Gasteiger partial charge in [0.05, 0.1) is 19.8 Å². The van der Waals surface area contributed by atoms with E-state index in [1.807, 2.05) is 24.3 Å². The molecule has 1 aromatic rings. The van der Waals surface area contributed by atoms with E-state index in [1.165, 1.54) is 19.3 Å². The molecular formula is C18H27N3O3. The fourth-order valence-corrected chi connectivity index (χ4v) is 3.36. The molecule has 1 aliphatic carbocycles. The van der Waals surface area contributed by atoms with Crippen molar-refractivity contribution < 1.29 is 14.2 Å². The molecule has 6 heteroatoms. The fourth-order valence-electron chi connectivity index (χ4n) is 3.36.